The molecule has 2 aliphatic rings. The topological polar surface area (TPSA) is 147 Å². The van der Waals surface area contributed by atoms with E-state index in [0.717, 1.165) is 23.9 Å². The van der Waals surface area contributed by atoms with E-state index in [2.05, 4.69) is 32.8 Å². The number of primary amides is 1. The van der Waals surface area contributed by atoms with E-state index in [-0.39, 0.29) is 41.6 Å². The minimum atomic E-state index is -1.19. The van der Waals surface area contributed by atoms with Crippen LogP contribution >= 0.6 is 0 Å². The van der Waals surface area contributed by atoms with Gasteiger partial charge in [0.2, 0.25) is 17.7 Å². The predicted octanol–water partition coefficient (Wildman–Crippen LogP) is 4.37. The number of carbonyl (C=O) groups excluding carboxylic acids is 4. The van der Waals surface area contributed by atoms with Gasteiger partial charge in [-0.2, -0.15) is 0 Å². The number of hydrogen-bond acceptors (Lipinski definition) is 6. The minimum absolute atomic E-state index is 0.0545. The van der Waals surface area contributed by atoms with E-state index in [1.54, 1.807) is 12.1 Å². The van der Waals surface area contributed by atoms with Crippen molar-refractivity contribution in [1.82, 2.24) is 25.8 Å². The SMILES string of the molecule is CC(CN1CC2CCCCC2CC1C(=O)NC(C)(C)C)C(Cc1ccccc1)NC(=O)C(CC(N)=O)NC(=O)c1ccc2ccccc2n1. The fraction of sp³-hybridized carbons (Fsp3) is 0.513. The second-order valence-electron chi connectivity index (χ2n) is 15.1. The van der Waals surface area contributed by atoms with E-state index in [9.17, 15) is 19.2 Å². The zero-order chi connectivity index (χ0) is 35.1. The number of nitrogens with zero attached hydrogens (tertiary/aromatic N) is 2. The highest BCUT2D eigenvalue weighted by Gasteiger charge is 2.41. The molecule has 262 valence electrons. The summed E-state index contributed by atoms with van der Waals surface area (Å²) in [6.45, 7) is 9.58. The highest BCUT2D eigenvalue weighted by atomic mass is 16.2. The van der Waals surface area contributed by atoms with Gasteiger partial charge in [0, 0.05) is 30.1 Å². The molecule has 5 N–H and O–H groups in total. The Morgan fingerprint density at radius 1 is 0.918 bits per heavy atom. The number of aromatic nitrogens is 1. The summed E-state index contributed by atoms with van der Waals surface area (Å²) in [5.74, 6) is -0.675. The molecule has 0 radical (unpaired) electrons. The Hall–Kier alpha value is -4.31. The van der Waals surface area contributed by atoms with Crippen LogP contribution in [0.3, 0.4) is 0 Å². The van der Waals surface area contributed by atoms with E-state index < -0.39 is 23.8 Å². The third-order valence-electron chi connectivity index (χ3n) is 10.00. The Morgan fingerprint density at radius 2 is 1.61 bits per heavy atom. The first-order valence-corrected chi connectivity index (χ1v) is 17.7. The number of hydrogen-bond donors (Lipinski definition) is 4. The van der Waals surface area contributed by atoms with Crippen LogP contribution in [0.4, 0.5) is 0 Å². The van der Waals surface area contributed by atoms with Crippen molar-refractivity contribution < 1.29 is 19.2 Å². The number of nitrogens with one attached hydrogen (secondary N) is 3. The molecule has 3 aromatic rings. The number of fused-ring (bicyclic) bond motifs is 2. The summed E-state index contributed by atoms with van der Waals surface area (Å²) in [4.78, 5) is 59.9. The number of rotatable bonds is 12. The predicted molar refractivity (Wildman–Crippen MR) is 191 cm³/mol. The normalized spacial score (nSPS) is 21.5. The van der Waals surface area contributed by atoms with Gasteiger partial charge in [-0.05, 0) is 75.5 Å². The number of pyridine rings is 1. The molecule has 1 aliphatic heterocycles. The van der Waals surface area contributed by atoms with E-state index in [0.29, 0.717) is 30.3 Å². The first kappa shape index (κ1) is 36.0. The summed E-state index contributed by atoms with van der Waals surface area (Å²) in [5.41, 5.74) is 7.06. The summed E-state index contributed by atoms with van der Waals surface area (Å²) in [5, 5.41) is 10.00. The Labute approximate surface area is 290 Å². The number of carbonyl (C=O) groups is 4. The molecule has 10 nitrogen and oxygen atoms in total. The van der Waals surface area contributed by atoms with Crippen molar-refractivity contribution in [3.8, 4) is 0 Å². The van der Waals surface area contributed by atoms with E-state index in [1.165, 1.54) is 25.7 Å². The third-order valence-corrected chi connectivity index (χ3v) is 10.00. The molecule has 1 saturated carbocycles. The fourth-order valence-corrected chi connectivity index (χ4v) is 7.51. The van der Waals surface area contributed by atoms with Crippen LogP contribution in [-0.2, 0) is 20.8 Å². The van der Waals surface area contributed by atoms with Gasteiger partial charge in [0.25, 0.3) is 5.91 Å². The molecule has 1 aliphatic carbocycles. The number of piperidine rings is 1. The lowest BCUT2D eigenvalue weighted by atomic mass is 9.72. The van der Waals surface area contributed by atoms with Gasteiger partial charge < -0.3 is 21.7 Å². The third kappa shape index (κ3) is 9.88. The molecular weight excluding hydrogens is 616 g/mol. The Bertz CT molecular complexity index is 1620. The number of likely N-dealkylation sites (tertiary alicyclic amines) is 1. The van der Waals surface area contributed by atoms with Crippen molar-refractivity contribution in [2.75, 3.05) is 13.1 Å². The lowest BCUT2D eigenvalue weighted by molar-refractivity contribution is -0.132. The van der Waals surface area contributed by atoms with Crippen LogP contribution in [0.5, 0.6) is 0 Å². The van der Waals surface area contributed by atoms with Crippen molar-refractivity contribution in [2.24, 2.45) is 23.5 Å². The van der Waals surface area contributed by atoms with Crippen LogP contribution in [0.25, 0.3) is 10.9 Å². The number of para-hydroxylation sites is 1. The smallest absolute Gasteiger partial charge is 0.270 e. The van der Waals surface area contributed by atoms with Crippen molar-refractivity contribution in [1.29, 1.82) is 0 Å². The van der Waals surface area contributed by atoms with E-state index in [4.69, 9.17) is 5.73 Å². The molecule has 6 unspecified atom stereocenters. The molecule has 1 saturated heterocycles. The maximum Gasteiger partial charge on any atom is 0.270 e. The number of benzene rings is 2. The molecule has 2 aromatic carbocycles. The van der Waals surface area contributed by atoms with Gasteiger partial charge in [-0.3, -0.25) is 24.1 Å². The summed E-state index contributed by atoms with van der Waals surface area (Å²) in [6.07, 6.45) is 5.80. The Morgan fingerprint density at radius 3 is 2.33 bits per heavy atom. The molecule has 4 amide bonds. The zero-order valence-electron chi connectivity index (χ0n) is 29.3. The highest BCUT2D eigenvalue weighted by molar-refractivity contribution is 5.99. The number of amides is 4. The van der Waals surface area contributed by atoms with Crippen molar-refractivity contribution in [3.63, 3.8) is 0 Å². The van der Waals surface area contributed by atoms with Gasteiger partial charge in [0.1, 0.15) is 11.7 Å². The molecule has 10 heteroatoms. The van der Waals surface area contributed by atoms with Crippen molar-refractivity contribution in [2.45, 2.75) is 96.3 Å². The van der Waals surface area contributed by atoms with Crippen LogP contribution in [0.2, 0.25) is 0 Å². The maximum atomic E-state index is 13.9. The van der Waals surface area contributed by atoms with Gasteiger partial charge in [0.15, 0.2) is 0 Å². The quantitative estimate of drug-likeness (QED) is 0.226. The first-order valence-electron chi connectivity index (χ1n) is 17.7. The zero-order valence-corrected chi connectivity index (χ0v) is 29.3. The Balaban J connectivity index is 1.35. The lowest BCUT2D eigenvalue weighted by Crippen LogP contribution is -2.59. The van der Waals surface area contributed by atoms with Gasteiger partial charge in [-0.1, -0.05) is 80.8 Å². The van der Waals surface area contributed by atoms with Crippen molar-refractivity contribution in [3.05, 3.63) is 78.0 Å². The molecule has 0 spiro atoms. The molecule has 2 fully saturated rings. The van der Waals surface area contributed by atoms with Crippen LogP contribution in [0.15, 0.2) is 66.7 Å². The monoisotopic (exact) mass is 668 g/mol. The standard InChI is InChI=1S/C39H52N6O4/c1-25(23-45-24-29-16-9-8-15-28(29)21-34(45)38(49)44-39(2,3)4)32(20-26-12-6-5-7-13-26)42-37(48)33(22-35(40)46)43-36(47)31-19-18-27-14-10-11-17-30(27)41-31/h5-7,10-14,17-19,25,28-29,32-34H,8-9,15-16,20-24H2,1-4H3,(H2,40,46)(H,42,48)(H,43,47)(H,44,49). The van der Waals surface area contributed by atoms with Crippen LogP contribution in [-0.4, -0.2) is 70.3 Å². The van der Waals surface area contributed by atoms with Gasteiger partial charge >= 0.3 is 0 Å². The fourth-order valence-electron chi connectivity index (χ4n) is 7.51. The second-order valence-corrected chi connectivity index (χ2v) is 15.1. The van der Waals surface area contributed by atoms with Gasteiger partial charge in [-0.25, -0.2) is 4.98 Å². The van der Waals surface area contributed by atoms with Crippen molar-refractivity contribution >= 4 is 34.5 Å². The largest absolute Gasteiger partial charge is 0.370 e. The van der Waals surface area contributed by atoms with E-state index in [1.807, 2.05) is 75.4 Å². The average Bonchev–Trinajstić information content (AvgIpc) is 3.06. The van der Waals surface area contributed by atoms with Gasteiger partial charge in [0.05, 0.1) is 18.0 Å². The Kier molecular flexibility index (Phi) is 11.7. The van der Waals surface area contributed by atoms with Crippen LogP contribution < -0.4 is 21.7 Å². The van der Waals surface area contributed by atoms with Crippen LogP contribution in [0.1, 0.15) is 82.3 Å². The molecule has 5 rings (SSSR count). The molecule has 2 heterocycles. The molecule has 1 aromatic heterocycles. The minimum Gasteiger partial charge on any atom is -0.370 e. The second kappa shape index (κ2) is 15.9. The summed E-state index contributed by atoms with van der Waals surface area (Å²) in [7, 11) is 0. The maximum absolute atomic E-state index is 13.9. The highest BCUT2D eigenvalue weighted by Crippen LogP contribution is 2.39. The molecule has 0 bridgehead atoms. The molecule has 6 atom stereocenters. The number of nitrogens with two attached hydrogens (primary N) is 1. The molecular formula is C39H52N6O4. The lowest BCUT2D eigenvalue weighted by Gasteiger charge is -2.47. The summed E-state index contributed by atoms with van der Waals surface area (Å²) >= 11 is 0. The summed E-state index contributed by atoms with van der Waals surface area (Å²) < 4.78 is 0. The first-order chi connectivity index (χ1) is 23.4. The average molecular weight is 669 g/mol. The molecule has 49 heavy (non-hydrogen) atoms. The summed E-state index contributed by atoms with van der Waals surface area (Å²) in [6, 6.07) is 19.0. The van der Waals surface area contributed by atoms with Gasteiger partial charge in [-0.15, -0.1) is 0 Å². The van der Waals surface area contributed by atoms with Crippen LogP contribution in [0, 0.1) is 17.8 Å². The van der Waals surface area contributed by atoms with E-state index >= 15 is 0 Å².